The summed E-state index contributed by atoms with van der Waals surface area (Å²) in [5, 5.41) is 5.36. The molecule has 2 amide bonds. The molecule has 0 bridgehead atoms. The second kappa shape index (κ2) is 10.8. The molecule has 22 heavy (non-hydrogen) atoms. The van der Waals surface area contributed by atoms with Crippen LogP contribution in [0.2, 0.25) is 0 Å². The molecule has 0 aliphatic carbocycles. The lowest BCUT2D eigenvalue weighted by Crippen LogP contribution is -2.45. The van der Waals surface area contributed by atoms with E-state index in [2.05, 4.69) is 10.6 Å². The Kier molecular flexibility index (Phi) is 9.86. The number of hydrogen-bond donors (Lipinski definition) is 2. The predicted octanol–water partition coefficient (Wildman–Crippen LogP) is 0.0684. The summed E-state index contributed by atoms with van der Waals surface area (Å²) in [4.78, 5) is 36.3. The first-order chi connectivity index (χ1) is 10.3. The van der Waals surface area contributed by atoms with Crippen molar-refractivity contribution in [2.45, 2.75) is 33.2 Å². The summed E-state index contributed by atoms with van der Waals surface area (Å²) in [7, 11) is 3.33. The van der Waals surface area contributed by atoms with Crippen molar-refractivity contribution in [2.24, 2.45) is 0 Å². The Morgan fingerprint density at radius 2 is 1.95 bits per heavy atom. The highest BCUT2D eigenvalue weighted by Crippen LogP contribution is 2.00. The lowest BCUT2D eigenvalue weighted by molar-refractivity contribution is -0.138. The lowest BCUT2D eigenvalue weighted by Gasteiger charge is -2.17. The lowest BCUT2D eigenvalue weighted by atomic mass is 10.2. The van der Waals surface area contributed by atoms with Crippen LogP contribution in [0.3, 0.4) is 0 Å². The molecule has 7 nitrogen and oxygen atoms in total. The van der Waals surface area contributed by atoms with Gasteiger partial charge in [-0.05, 0) is 34.2 Å². The zero-order chi connectivity index (χ0) is 17.1. The molecule has 1 unspecified atom stereocenters. The molecule has 0 aromatic rings. The van der Waals surface area contributed by atoms with Crippen molar-refractivity contribution in [3.8, 4) is 0 Å². The van der Waals surface area contributed by atoms with Crippen LogP contribution >= 0.6 is 0 Å². The Bertz CT molecular complexity index is 421. The Morgan fingerprint density at radius 1 is 1.32 bits per heavy atom. The molecular weight excluding hydrogens is 286 g/mol. The monoisotopic (exact) mass is 313 g/mol. The molecule has 1 atom stereocenters. The first-order valence-electron chi connectivity index (χ1n) is 7.36. The van der Waals surface area contributed by atoms with Crippen molar-refractivity contribution in [1.29, 1.82) is 0 Å². The van der Waals surface area contributed by atoms with E-state index < -0.39 is 0 Å². The summed E-state index contributed by atoms with van der Waals surface area (Å²) >= 11 is 0. The van der Waals surface area contributed by atoms with Gasteiger partial charge in [-0.2, -0.15) is 0 Å². The van der Waals surface area contributed by atoms with Gasteiger partial charge in [-0.3, -0.25) is 9.59 Å². The SMILES string of the molecule is CCOC(=O)/C(C)=C/CCN(C)C(=O)CNC(=O)C(C)NC. The molecule has 0 spiro atoms. The number of nitrogens with zero attached hydrogens (tertiary/aromatic N) is 1. The van der Waals surface area contributed by atoms with E-state index in [-0.39, 0.29) is 30.4 Å². The first kappa shape index (κ1) is 20.1. The van der Waals surface area contributed by atoms with Crippen molar-refractivity contribution in [3.05, 3.63) is 11.6 Å². The maximum absolute atomic E-state index is 11.8. The van der Waals surface area contributed by atoms with Gasteiger partial charge < -0.3 is 20.3 Å². The number of ether oxygens (including phenoxy) is 1. The van der Waals surface area contributed by atoms with Crippen LogP contribution in [0.15, 0.2) is 11.6 Å². The highest BCUT2D eigenvalue weighted by atomic mass is 16.5. The molecule has 0 aliphatic heterocycles. The van der Waals surface area contributed by atoms with Gasteiger partial charge in [-0.25, -0.2) is 4.79 Å². The zero-order valence-electron chi connectivity index (χ0n) is 14.1. The molecule has 0 aromatic heterocycles. The molecular formula is C15H27N3O4. The number of esters is 1. The fourth-order valence-electron chi connectivity index (χ4n) is 1.51. The minimum atomic E-state index is -0.343. The average molecular weight is 313 g/mol. The molecule has 0 rings (SSSR count). The molecule has 2 N–H and O–H groups in total. The number of rotatable bonds is 9. The van der Waals surface area contributed by atoms with Gasteiger partial charge in [0.1, 0.15) is 0 Å². The van der Waals surface area contributed by atoms with Crippen molar-refractivity contribution in [2.75, 3.05) is 33.8 Å². The molecule has 0 saturated carbocycles. The highest BCUT2D eigenvalue weighted by Gasteiger charge is 2.13. The number of hydrogen-bond acceptors (Lipinski definition) is 5. The van der Waals surface area contributed by atoms with Crippen LogP contribution in [-0.4, -0.2) is 62.5 Å². The second-order valence-electron chi connectivity index (χ2n) is 4.94. The third-order valence-corrected chi connectivity index (χ3v) is 3.18. The topological polar surface area (TPSA) is 87.7 Å². The van der Waals surface area contributed by atoms with Crippen LogP contribution < -0.4 is 10.6 Å². The zero-order valence-corrected chi connectivity index (χ0v) is 14.1. The van der Waals surface area contributed by atoms with Gasteiger partial charge in [0, 0.05) is 19.2 Å². The fourth-order valence-corrected chi connectivity index (χ4v) is 1.51. The Balaban J connectivity index is 4.13. The van der Waals surface area contributed by atoms with E-state index in [1.54, 1.807) is 40.9 Å². The number of amides is 2. The van der Waals surface area contributed by atoms with E-state index in [0.717, 1.165) is 0 Å². The second-order valence-corrected chi connectivity index (χ2v) is 4.94. The van der Waals surface area contributed by atoms with Gasteiger partial charge in [-0.1, -0.05) is 6.08 Å². The van der Waals surface area contributed by atoms with E-state index in [9.17, 15) is 14.4 Å². The maximum Gasteiger partial charge on any atom is 0.333 e. The molecule has 0 heterocycles. The third-order valence-electron chi connectivity index (χ3n) is 3.18. The molecule has 0 saturated heterocycles. The Morgan fingerprint density at radius 3 is 2.50 bits per heavy atom. The van der Waals surface area contributed by atoms with E-state index in [0.29, 0.717) is 25.1 Å². The smallest absolute Gasteiger partial charge is 0.333 e. The van der Waals surface area contributed by atoms with Crippen LogP contribution in [0.5, 0.6) is 0 Å². The summed E-state index contributed by atoms with van der Waals surface area (Å²) in [6.07, 6.45) is 2.29. The highest BCUT2D eigenvalue weighted by molar-refractivity contribution is 5.88. The largest absolute Gasteiger partial charge is 0.463 e. The van der Waals surface area contributed by atoms with Crippen molar-refractivity contribution < 1.29 is 19.1 Å². The van der Waals surface area contributed by atoms with E-state index in [1.807, 2.05) is 0 Å². The quantitative estimate of drug-likeness (QED) is 0.464. The summed E-state index contributed by atoms with van der Waals surface area (Å²) in [5.41, 5.74) is 0.527. The molecule has 126 valence electrons. The molecule has 7 heteroatoms. The summed E-state index contributed by atoms with van der Waals surface area (Å²) in [6.45, 7) is 5.91. The van der Waals surface area contributed by atoms with Gasteiger partial charge in [0.2, 0.25) is 11.8 Å². The number of carbonyl (C=O) groups is 3. The standard InChI is InChI=1S/C15H27N3O4/c1-6-22-15(21)11(2)8-7-9-18(5)13(19)10-17-14(20)12(3)16-4/h8,12,16H,6-7,9-10H2,1-5H3,(H,17,20)/b11-8+. The van der Waals surface area contributed by atoms with E-state index in [4.69, 9.17) is 4.74 Å². The Labute approximate surface area is 132 Å². The van der Waals surface area contributed by atoms with Crippen LogP contribution in [0.4, 0.5) is 0 Å². The summed E-state index contributed by atoms with van der Waals surface area (Å²) in [5.74, 6) is -0.745. The number of nitrogens with one attached hydrogen (secondary N) is 2. The fraction of sp³-hybridized carbons (Fsp3) is 0.667. The maximum atomic E-state index is 11.8. The van der Waals surface area contributed by atoms with E-state index in [1.165, 1.54) is 4.90 Å². The van der Waals surface area contributed by atoms with Crippen LogP contribution in [-0.2, 0) is 19.1 Å². The van der Waals surface area contributed by atoms with Crippen molar-refractivity contribution >= 4 is 17.8 Å². The van der Waals surface area contributed by atoms with Crippen LogP contribution in [0.25, 0.3) is 0 Å². The predicted molar refractivity (Wildman–Crippen MR) is 84.2 cm³/mol. The molecule has 0 aliphatic rings. The minimum absolute atomic E-state index is 0.0398. The van der Waals surface area contributed by atoms with E-state index >= 15 is 0 Å². The Hall–Kier alpha value is -1.89. The van der Waals surface area contributed by atoms with Crippen LogP contribution in [0, 0.1) is 0 Å². The third kappa shape index (κ3) is 7.78. The van der Waals surface area contributed by atoms with Gasteiger partial charge in [0.05, 0.1) is 19.2 Å². The van der Waals surface area contributed by atoms with Crippen LogP contribution in [0.1, 0.15) is 27.2 Å². The number of likely N-dealkylation sites (N-methyl/N-ethyl adjacent to an activating group) is 2. The van der Waals surface area contributed by atoms with Gasteiger partial charge >= 0.3 is 5.97 Å². The summed E-state index contributed by atoms with van der Waals surface area (Å²) < 4.78 is 4.87. The first-order valence-corrected chi connectivity index (χ1v) is 7.36. The number of carbonyl (C=O) groups excluding carboxylic acids is 3. The minimum Gasteiger partial charge on any atom is -0.463 e. The molecule has 0 aromatic carbocycles. The normalized spacial score (nSPS) is 12.5. The van der Waals surface area contributed by atoms with Gasteiger partial charge in [0.15, 0.2) is 0 Å². The molecule has 0 radical (unpaired) electrons. The van der Waals surface area contributed by atoms with Crippen molar-refractivity contribution in [1.82, 2.24) is 15.5 Å². The summed E-state index contributed by atoms with van der Waals surface area (Å²) in [6, 6.07) is -0.340. The average Bonchev–Trinajstić information content (AvgIpc) is 2.51. The molecule has 0 fully saturated rings. The van der Waals surface area contributed by atoms with Gasteiger partial charge in [0.25, 0.3) is 0 Å². The van der Waals surface area contributed by atoms with Crippen molar-refractivity contribution in [3.63, 3.8) is 0 Å². The van der Waals surface area contributed by atoms with Gasteiger partial charge in [-0.15, -0.1) is 0 Å².